The fourth-order valence-corrected chi connectivity index (χ4v) is 6.08. The second kappa shape index (κ2) is 7.96. The fourth-order valence-electron chi connectivity index (χ4n) is 6.08. The van der Waals surface area contributed by atoms with E-state index in [4.69, 9.17) is 9.47 Å². The van der Waals surface area contributed by atoms with E-state index < -0.39 is 5.60 Å². The third kappa shape index (κ3) is 4.17. The minimum Gasteiger partial charge on any atom is -0.444 e. The van der Waals surface area contributed by atoms with Gasteiger partial charge in [-0.15, -0.1) is 0 Å². The summed E-state index contributed by atoms with van der Waals surface area (Å²) >= 11 is 0. The van der Waals surface area contributed by atoms with Crippen LogP contribution in [0.3, 0.4) is 0 Å². The summed E-state index contributed by atoms with van der Waals surface area (Å²) in [6.07, 6.45) is 2.34. The number of anilines is 1. The van der Waals surface area contributed by atoms with Gasteiger partial charge in [0, 0.05) is 38.4 Å². The van der Waals surface area contributed by atoms with Crippen LogP contribution in [0.2, 0.25) is 0 Å². The van der Waals surface area contributed by atoms with E-state index in [0.717, 1.165) is 45.9 Å². The molecule has 0 aromatic heterocycles. The van der Waals surface area contributed by atoms with Gasteiger partial charge in [-0.1, -0.05) is 12.1 Å². The molecule has 1 aromatic carbocycles. The maximum Gasteiger partial charge on any atom is 0.410 e. The Hall–Kier alpha value is -1.79. The minimum absolute atomic E-state index is 0.155. The number of fused-ring (bicyclic) bond motifs is 3. The second-order valence-corrected chi connectivity index (χ2v) is 11.0. The highest BCUT2D eigenvalue weighted by molar-refractivity contribution is 5.68. The predicted octanol–water partition coefficient (Wildman–Crippen LogP) is 3.66. The summed E-state index contributed by atoms with van der Waals surface area (Å²) in [5.74, 6) is 1.12. The first-order valence-corrected chi connectivity index (χ1v) is 11.9. The van der Waals surface area contributed by atoms with E-state index in [2.05, 4.69) is 34.9 Å². The van der Waals surface area contributed by atoms with Crippen molar-refractivity contribution in [1.29, 1.82) is 0 Å². The second-order valence-electron chi connectivity index (χ2n) is 11.0. The number of rotatable bonds is 3. The van der Waals surface area contributed by atoms with E-state index in [-0.39, 0.29) is 6.09 Å². The van der Waals surface area contributed by atoms with Gasteiger partial charge in [-0.3, -0.25) is 4.90 Å². The zero-order valence-corrected chi connectivity index (χ0v) is 19.5. The lowest BCUT2D eigenvalue weighted by Crippen LogP contribution is -2.46. The number of likely N-dealkylation sites (tertiary alicyclic amines) is 2. The van der Waals surface area contributed by atoms with E-state index in [1.165, 1.54) is 29.7 Å². The Kier molecular flexibility index (Phi) is 5.41. The highest BCUT2D eigenvalue weighted by Crippen LogP contribution is 2.38. The Morgan fingerprint density at radius 1 is 1.06 bits per heavy atom. The van der Waals surface area contributed by atoms with Crippen molar-refractivity contribution in [2.24, 2.45) is 11.8 Å². The van der Waals surface area contributed by atoms with E-state index in [1.54, 1.807) is 0 Å². The number of amides is 1. The third-order valence-electron chi connectivity index (χ3n) is 7.54. The molecule has 170 valence electrons. The summed E-state index contributed by atoms with van der Waals surface area (Å²) in [5.41, 5.74) is 3.84. The monoisotopic (exact) mass is 427 g/mol. The quantitative estimate of drug-likeness (QED) is 0.737. The molecule has 4 saturated heterocycles. The highest BCUT2D eigenvalue weighted by Gasteiger charge is 2.43. The smallest absolute Gasteiger partial charge is 0.410 e. The summed E-state index contributed by atoms with van der Waals surface area (Å²) in [6, 6.07) is 7.90. The number of hydrogen-bond acceptors (Lipinski definition) is 5. The van der Waals surface area contributed by atoms with Crippen molar-refractivity contribution in [3.8, 4) is 0 Å². The van der Waals surface area contributed by atoms with Crippen LogP contribution in [0.15, 0.2) is 18.2 Å². The standard InChI is InChI=1S/C25H37N3O3/c1-17-18(6-5-7-23(17)28-21-8-9-22(28)16-30-15-21)10-26-11-19-13-27(14-20(19)12-26)24(29)31-25(2,3)4/h5-7,19-22H,8-16H2,1-4H3. The molecular formula is C25H37N3O3. The van der Waals surface area contributed by atoms with Gasteiger partial charge in [-0.2, -0.15) is 0 Å². The minimum atomic E-state index is -0.427. The molecule has 0 spiro atoms. The van der Waals surface area contributed by atoms with Crippen LogP contribution in [-0.4, -0.2) is 73.0 Å². The zero-order chi connectivity index (χ0) is 21.8. The molecule has 6 nitrogen and oxygen atoms in total. The summed E-state index contributed by atoms with van der Waals surface area (Å²) in [4.78, 5) is 19.6. The first-order chi connectivity index (χ1) is 14.8. The van der Waals surface area contributed by atoms with Gasteiger partial charge in [0.15, 0.2) is 0 Å². The first-order valence-electron chi connectivity index (χ1n) is 11.9. The highest BCUT2D eigenvalue weighted by atomic mass is 16.6. The van der Waals surface area contributed by atoms with Gasteiger partial charge in [0.2, 0.25) is 0 Å². The summed E-state index contributed by atoms with van der Waals surface area (Å²) in [5, 5.41) is 0. The van der Waals surface area contributed by atoms with Gasteiger partial charge in [-0.05, 0) is 69.6 Å². The summed E-state index contributed by atoms with van der Waals surface area (Å²) in [7, 11) is 0. The van der Waals surface area contributed by atoms with Crippen LogP contribution in [0.25, 0.3) is 0 Å². The molecule has 1 aromatic rings. The van der Waals surface area contributed by atoms with Gasteiger partial charge in [-0.25, -0.2) is 4.79 Å². The zero-order valence-electron chi connectivity index (χ0n) is 19.5. The first kappa shape index (κ1) is 21.1. The average Bonchev–Trinajstić information content (AvgIpc) is 3.32. The number of benzene rings is 1. The van der Waals surface area contributed by atoms with E-state index in [0.29, 0.717) is 23.9 Å². The molecule has 2 bridgehead atoms. The van der Waals surface area contributed by atoms with Crippen LogP contribution in [0.4, 0.5) is 10.5 Å². The molecule has 1 amide bonds. The molecule has 4 atom stereocenters. The van der Waals surface area contributed by atoms with Crippen LogP contribution in [0.1, 0.15) is 44.7 Å². The Labute approximate surface area is 186 Å². The maximum absolute atomic E-state index is 12.4. The van der Waals surface area contributed by atoms with Gasteiger partial charge in [0.25, 0.3) is 0 Å². The van der Waals surface area contributed by atoms with Crippen molar-refractivity contribution < 1.29 is 14.3 Å². The van der Waals surface area contributed by atoms with Crippen LogP contribution in [0.5, 0.6) is 0 Å². The predicted molar refractivity (Wildman–Crippen MR) is 121 cm³/mol. The van der Waals surface area contributed by atoms with Crippen molar-refractivity contribution in [3.63, 3.8) is 0 Å². The van der Waals surface area contributed by atoms with Crippen molar-refractivity contribution >= 4 is 11.8 Å². The SMILES string of the molecule is Cc1c(CN2CC3CN(C(=O)OC(C)(C)C)CC3C2)cccc1N1C2CCC1COC2. The van der Waals surface area contributed by atoms with Gasteiger partial charge in [0.05, 0.1) is 25.3 Å². The molecule has 4 heterocycles. The van der Waals surface area contributed by atoms with Gasteiger partial charge in [0.1, 0.15) is 5.60 Å². The van der Waals surface area contributed by atoms with Crippen LogP contribution >= 0.6 is 0 Å². The average molecular weight is 428 g/mol. The molecule has 0 saturated carbocycles. The molecule has 0 N–H and O–H groups in total. The molecule has 5 rings (SSSR count). The van der Waals surface area contributed by atoms with Crippen LogP contribution < -0.4 is 4.90 Å². The number of hydrogen-bond donors (Lipinski definition) is 0. The van der Waals surface area contributed by atoms with Crippen molar-refractivity contribution in [3.05, 3.63) is 29.3 Å². The molecule has 0 aliphatic carbocycles. The lowest BCUT2D eigenvalue weighted by atomic mass is 10.0. The van der Waals surface area contributed by atoms with Crippen molar-refractivity contribution in [2.75, 3.05) is 44.3 Å². The summed E-state index contributed by atoms with van der Waals surface area (Å²) < 4.78 is 11.4. The number of ether oxygens (including phenoxy) is 2. The normalized spacial score (nSPS) is 30.7. The Balaban J connectivity index is 1.22. The molecule has 6 heteroatoms. The molecule has 31 heavy (non-hydrogen) atoms. The van der Waals surface area contributed by atoms with Gasteiger partial charge >= 0.3 is 6.09 Å². The molecule has 4 fully saturated rings. The lowest BCUT2D eigenvalue weighted by Gasteiger charge is -2.38. The van der Waals surface area contributed by atoms with E-state index in [9.17, 15) is 4.79 Å². The fraction of sp³-hybridized carbons (Fsp3) is 0.720. The topological polar surface area (TPSA) is 45.2 Å². The Morgan fingerprint density at radius 2 is 1.71 bits per heavy atom. The number of carbonyl (C=O) groups excluding carboxylic acids is 1. The van der Waals surface area contributed by atoms with Crippen molar-refractivity contribution in [2.45, 2.75) is 64.8 Å². The molecule has 4 aliphatic rings. The Morgan fingerprint density at radius 3 is 2.32 bits per heavy atom. The van der Waals surface area contributed by atoms with Crippen molar-refractivity contribution in [1.82, 2.24) is 9.80 Å². The van der Waals surface area contributed by atoms with Crippen LogP contribution in [-0.2, 0) is 16.0 Å². The Bertz CT molecular complexity index is 806. The molecule has 4 aliphatic heterocycles. The molecular weight excluding hydrogens is 390 g/mol. The largest absolute Gasteiger partial charge is 0.444 e. The third-order valence-corrected chi connectivity index (χ3v) is 7.54. The summed E-state index contributed by atoms with van der Waals surface area (Å²) in [6.45, 7) is 14.6. The maximum atomic E-state index is 12.4. The van der Waals surface area contributed by atoms with Gasteiger partial charge < -0.3 is 19.3 Å². The van der Waals surface area contributed by atoms with Crippen LogP contribution in [0, 0.1) is 18.8 Å². The number of morpholine rings is 1. The molecule has 0 radical (unpaired) electrons. The lowest BCUT2D eigenvalue weighted by molar-refractivity contribution is 0.0274. The van der Waals surface area contributed by atoms with E-state index >= 15 is 0 Å². The van der Waals surface area contributed by atoms with E-state index in [1.807, 2.05) is 25.7 Å². The number of nitrogens with zero attached hydrogens (tertiary/aromatic N) is 3. The number of carbonyl (C=O) groups is 1. The molecule has 4 unspecified atom stereocenters.